The maximum absolute atomic E-state index is 11.5. The molecule has 0 aliphatic rings. The standard InChI is InChI=1S/C13H12N2O2/c1-9-11(13(16)17-2)8-12(15-14-9)10-6-4-3-5-7-10/h3-8H,1-2H3. The largest absolute Gasteiger partial charge is 0.465 e. The van der Waals surface area contributed by atoms with Gasteiger partial charge in [-0.25, -0.2) is 4.79 Å². The molecule has 0 radical (unpaired) electrons. The summed E-state index contributed by atoms with van der Waals surface area (Å²) in [4.78, 5) is 11.5. The Kier molecular flexibility index (Phi) is 3.14. The van der Waals surface area contributed by atoms with E-state index in [4.69, 9.17) is 4.74 Å². The van der Waals surface area contributed by atoms with Crippen LogP contribution in [0.2, 0.25) is 0 Å². The molecule has 0 fully saturated rings. The van der Waals surface area contributed by atoms with Crippen molar-refractivity contribution in [3.8, 4) is 11.3 Å². The average Bonchev–Trinajstić information content (AvgIpc) is 2.39. The Morgan fingerprint density at radius 1 is 1.18 bits per heavy atom. The molecule has 17 heavy (non-hydrogen) atoms. The van der Waals surface area contributed by atoms with Crippen molar-refractivity contribution in [1.82, 2.24) is 10.2 Å². The van der Waals surface area contributed by atoms with Crippen molar-refractivity contribution in [2.45, 2.75) is 6.92 Å². The predicted molar refractivity (Wildman–Crippen MR) is 63.5 cm³/mol. The van der Waals surface area contributed by atoms with Crippen molar-refractivity contribution in [1.29, 1.82) is 0 Å². The number of methoxy groups -OCH3 is 1. The van der Waals surface area contributed by atoms with E-state index in [1.165, 1.54) is 7.11 Å². The zero-order chi connectivity index (χ0) is 12.3. The van der Waals surface area contributed by atoms with E-state index < -0.39 is 5.97 Å². The number of aryl methyl sites for hydroxylation is 1. The Bertz CT molecular complexity index is 538. The summed E-state index contributed by atoms with van der Waals surface area (Å²) in [5, 5.41) is 8.04. The van der Waals surface area contributed by atoms with Gasteiger partial charge in [0.2, 0.25) is 0 Å². The molecule has 2 rings (SSSR count). The van der Waals surface area contributed by atoms with E-state index in [-0.39, 0.29) is 0 Å². The monoisotopic (exact) mass is 228 g/mol. The molecule has 0 amide bonds. The van der Waals surface area contributed by atoms with E-state index in [1.54, 1.807) is 13.0 Å². The Labute approximate surface area is 99.3 Å². The van der Waals surface area contributed by atoms with E-state index in [0.29, 0.717) is 17.0 Å². The summed E-state index contributed by atoms with van der Waals surface area (Å²) in [6.45, 7) is 1.73. The number of benzene rings is 1. The number of nitrogens with zero attached hydrogens (tertiary/aromatic N) is 2. The summed E-state index contributed by atoms with van der Waals surface area (Å²) in [7, 11) is 1.35. The summed E-state index contributed by atoms with van der Waals surface area (Å²) in [5.74, 6) is -0.394. The molecule has 1 heterocycles. The van der Waals surface area contributed by atoms with Crippen LogP contribution in [-0.4, -0.2) is 23.3 Å². The molecule has 0 spiro atoms. The van der Waals surface area contributed by atoms with E-state index in [2.05, 4.69) is 10.2 Å². The summed E-state index contributed by atoms with van der Waals surface area (Å²) >= 11 is 0. The molecule has 0 bridgehead atoms. The smallest absolute Gasteiger partial charge is 0.339 e. The van der Waals surface area contributed by atoms with Gasteiger partial charge in [-0.05, 0) is 13.0 Å². The van der Waals surface area contributed by atoms with Gasteiger partial charge in [-0.15, -0.1) is 0 Å². The molecule has 0 N–H and O–H groups in total. The highest BCUT2D eigenvalue weighted by atomic mass is 16.5. The first-order chi connectivity index (χ1) is 8.22. The van der Waals surface area contributed by atoms with E-state index >= 15 is 0 Å². The van der Waals surface area contributed by atoms with Crippen LogP contribution < -0.4 is 0 Å². The van der Waals surface area contributed by atoms with E-state index in [9.17, 15) is 4.79 Å². The van der Waals surface area contributed by atoms with Gasteiger partial charge in [-0.2, -0.15) is 10.2 Å². The second kappa shape index (κ2) is 4.74. The molecular weight excluding hydrogens is 216 g/mol. The first-order valence-corrected chi connectivity index (χ1v) is 5.20. The van der Waals surface area contributed by atoms with Crippen molar-refractivity contribution in [3.63, 3.8) is 0 Å². The molecule has 4 nitrogen and oxygen atoms in total. The lowest BCUT2D eigenvalue weighted by molar-refractivity contribution is 0.0599. The van der Waals surface area contributed by atoms with Crippen LogP contribution in [0.15, 0.2) is 36.4 Å². The lowest BCUT2D eigenvalue weighted by Gasteiger charge is -2.05. The van der Waals surface area contributed by atoms with Gasteiger partial charge in [0.1, 0.15) is 0 Å². The highest BCUT2D eigenvalue weighted by molar-refractivity contribution is 5.91. The second-order valence-corrected chi connectivity index (χ2v) is 3.59. The first kappa shape index (κ1) is 11.3. The summed E-state index contributed by atoms with van der Waals surface area (Å²) in [5.41, 5.74) is 2.60. The molecule has 4 heteroatoms. The molecule has 1 aromatic carbocycles. The second-order valence-electron chi connectivity index (χ2n) is 3.59. The minimum absolute atomic E-state index is 0.394. The molecule has 2 aromatic rings. The number of ether oxygens (including phenoxy) is 1. The number of hydrogen-bond donors (Lipinski definition) is 0. The normalized spacial score (nSPS) is 10.0. The summed E-state index contributed by atoms with van der Waals surface area (Å²) in [6.07, 6.45) is 0. The summed E-state index contributed by atoms with van der Waals surface area (Å²) in [6, 6.07) is 11.3. The number of rotatable bonds is 2. The lowest BCUT2D eigenvalue weighted by atomic mass is 10.1. The van der Waals surface area contributed by atoms with Crippen LogP contribution in [0.5, 0.6) is 0 Å². The van der Waals surface area contributed by atoms with Crippen molar-refractivity contribution in [2.24, 2.45) is 0 Å². The zero-order valence-corrected chi connectivity index (χ0v) is 9.68. The predicted octanol–water partition coefficient (Wildman–Crippen LogP) is 2.24. The maximum atomic E-state index is 11.5. The number of esters is 1. The van der Waals surface area contributed by atoms with Gasteiger partial charge in [0, 0.05) is 5.56 Å². The van der Waals surface area contributed by atoms with E-state index in [0.717, 1.165) is 5.56 Å². The Morgan fingerprint density at radius 3 is 2.53 bits per heavy atom. The highest BCUT2D eigenvalue weighted by Crippen LogP contribution is 2.18. The fourth-order valence-corrected chi connectivity index (χ4v) is 1.52. The van der Waals surface area contributed by atoms with Crippen molar-refractivity contribution >= 4 is 5.97 Å². The average molecular weight is 228 g/mol. The molecular formula is C13H12N2O2. The maximum Gasteiger partial charge on any atom is 0.339 e. The van der Waals surface area contributed by atoms with E-state index in [1.807, 2.05) is 30.3 Å². The van der Waals surface area contributed by atoms with Crippen LogP contribution >= 0.6 is 0 Å². The van der Waals surface area contributed by atoms with Gasteiger partial charge in [0.05, 0.1) is 24.1 Å². The fraction of sp³-hybridized carbons (Fsp3) is 0.154. The number of carbonyl (C=O) groups is 1. The molecule has 86 valence electrons. The highest BCUT2D eigenvalue weighted by Gasteiger charge is 2.12. The zero-order valence-electron chi connectivity index (χ0n) is 9.68. The van der Waals surface area contributed by atoms with Crippen LogP contribution in [0.3, 0.4) is 0 Å². The number of hydrogen-bond acceptors (Lipinski definition) is 4. The fourth-order valence-electron chi connectivity index (χ4n) is 1.52. The first-order valence-electron chi connectivity index (χ1n) is 5.20. The molecule has 0 aliphatic heterocycles. The van der Waals surface area contributed by atoms with Gasteiger partial charge >= 0.3 is 5.97 Å². The van der Waals surface area contributed by atoms with Crippen molar-refractivity contribution in [2.75, 3.05) is 7.11 Å². The number of carbonyl (C=O) groups excluding carboxylic acids is 1. The third kappa shape index (κ3) is 2.30. The van der Waals surface area contributed by atoms with Gasteiger partial charge in [-0.3, -0.25) is 0 Å². The van der Waals surface area contributed by atoms with Crippen LogP contribution in [-0.2, 0) is 4.74 Å². The minimum Gasteiger partial charge on any atom is -0.465 e. The molecule has 0 saturated carbocycles. The number of aromatic nitrogens is 2. The third-order valence-corrected chi connectivity index (χ3v) is 2.45. The van der Waals surface area contributed by atoms with Gasteiger partial charge in [-0.1, -0.05) is 30.3 Å². The SMILES string of the molecule is COC(=O)c1cc(-c2ccccc2)nnc1C. The van der Waals surface area contributed by atoms with Crippen LogP contribution in [0.1, 0.15) is 16.1 Å². The van der Waals surface area contributed by atoms with Crippen molar-refractivity contribution in [3.05, 3.63) is 47.7 Å². The Morgan fingerprint density at radius 2 is 1.88 bits per heavy atom. The van der Waals surface area contributed by atoms with Crippen LogP contribution in [0.25, 0.3) is 11.3 Å². The van der Waals surface area contributed by atoms with Crippen molar-refractivity contribution < 1.29 is 9.53 Å². The molecule has 1 aromatic heterocycles. The Hall–Kier alpha value is -2.23. The quantitative estimate of drug-likeness (QED) is 0.740. The van der Waals surface area contributed by atoms with Crippen LogP contribution in [0.4, 0.5) is 0 Å². The Balaban J connectivity index is 2.48. The minimum atomic E-state index is -0.394. The van der Waals surface area contributed by atoms with Crippen LogP contribution in [0, 0.1) is 6.92 Å². The molecule has 0 saturated heterocycles. The molecule has 0 atom stereocenters. The topological polar surface area (TPSA) is 52.1 Å². The molecule has 0 aliphatic carbocycles. The third-order valence-electron chi connectivity index (χ3n) is 2.45. The van der Waals surface area contributed by atoms with Gasteiger partial charge in [0.25, 0.3) is 0 Å². The molecule has 0 unspecified atom stereocenters. The lowest BCUT2D eigenvalue weighted by Crippen LogP contribution is -2.07. The summed E-state index contributed by atoms with van der Waals surface area (Å²) < 4.78 is 4.70. The van der Waals surface area contributed by atoms with Gasteiger partial charge in [0.15, 0.2) is 0 Å². The van der Waals surface area contributed by atoms with Gasteiger partial charge < -0.3 is 4.74 Å².